The lowest BCUT2D eigenvalue weighted by atomic mass is 9.82. The molecule has 1 aliphatic carbocycles. The van der Waals surface area contributed by atoms with E-state index >= 15 is 0 Å². The predicted octanol–water partition coefficient (Wildman–Crippen LogP) is 3.57. The van der Waals surface area contributed by atoms with Gasteiger partial charge in [0.05, 0.1) is 10.5 Å². The maximum atomic E-state index is 12.7. The molecule has 0 spiro atoms. The molecular formula is C20H20F3NO5S. The van der Waals surface area contributed by atoms with Crippen LogP contribution < -0.4 is 9.46 Å². The van der Waals surface area contributed by atoms with Crippen molar-refractivity contribution in [1.29, 1.82) is 0 Å². The summed E-state index contributed by atoms with van der Waals surface area (Å²) in [4.78, 5) is 10.5. The van der Waals surface area contributed by atoms with Crippen LogP contribution in [-0.4, -0.2) is 32.6 Å². The molecule has 0 radical (unpaired) electrons. The second-order valence-electron chi connectivity index (χ2n) is 6.97. The van der Waals surface area contributed by atoms with Crippen LogP contribution in [0.1, 0.15) is 35.4 Å². The average Bonchev–Trinajstić information content (AvgIpc) is 2.70. The predicted molar refractivity (Wildman–Crippen MR) is 102 cm³/mol. The van der Waals surface area contributed by atoms with Gasteiger partial charge in [-0.05, 0) is 66.6 Å². The Bertz CT molecular complexity index is 1020. The molecule has 0 aliphatic heterocycles. The van der Waals surface area contributed by atoms with E-state index in [4.69, 9.17) is 9.84 Å². The van der Waals surface area contributed by atoms with Crippen LogP contribution in [0.5, 0.6) is 5.75 Å². The second-order valence-corrected chi connectivity index (χ2v) is 8.74. The van der Waals surface area contributed by atoms with E-state index in [2.05, 4.69) is 4.72 Å². The third kappa shape index (κ3) is 5.11. The van der Waals surface area contributed by atoms with Gasteiger partial charge in [-0.25, -0.2) is 17.9 Å². The number of hydrogen-bond donors (Lipinski definition) is 2. The summed E-state index contributed by atoms with van der Waals surface area (Å²) in [6.07, 6.45) is -2.37. The van der Waals surface area contributed by atoms with Gasteiger partial charge in [-0.15, -0.1) is 0 Å². The van der Waals surface area contributed by atoms with E-state index in [1.807, 2.05) is 6.07 Å². The molecule has 0 bridgehead atoms. The summed E-state index contributed by atoms with van der Waals surface area (Å²) in [7, 11) is -3.98. The van der Waals surface area contributed by atoms with Crippen LogP contribution in [0.4, 0.5) is 13.2 Å². The van der Waals surface area contributed by atoms with Crippen molar-refractivity contribution in [2.24, 2.45) is 0 Å². The van der Waals surface area contributed by atoms with Gasteiger partial charge in [-0.3, -0.25) is 0 Å². The van der Waals surface area contributed by atoms with E-state index < -0.39 is 34.3 Å². The van der Waals surface area contributed by atoms with Crippen LogP contribution in [0.15, 0.2) is 47.4 Å². The molecule has 0 saturated heterocycles. The molecule has 1 unspecified atom stereocenters. The Hall–Kier alpha value is -2.59. The minimum atomic E-state index is -4.54. The highest BCUT2D eigenvalue weighted by molar-refractivity contribution is 7.89. The van der Waals surface area contributed by atoms with Gasteiger partial charge >= 0.3 is 12.1 Å². The zero-order chi connectivity index (χ0) is 21.9. The van der Waals surface area contributed by atoms with Gasteiger partial charge < -0.3 is 9.84 Å². The van der Waals surface area contributed by atoms with Gasteiger partial charge in [0.2, 0.25) is 10.0 Å². The number of carbonyl (C=O) groups is 1. The molecule has 2 N–H and O–H groups in total. The zero-order valence-corrected chi connectivity index (χ0v) is 16.6. The molecule has 10 heteroatoms. The van der Waals surface area contributed by atoms with Crippen LogP contribution >= 0.6 is 0 Å². The summed E-state index contributed by atoms with van der Waals surface area (Å²) >= 11 is 0. The number of fused-ring (bicyclic) bond motifs is 1. The van der Waals surface area contributed by atoms with E-state index in [-0.39, 0.29) is 17.4 Å². The number of ether oxygens (including phenoxy) is 1. The Balaban J connectivity index is 1.74. The number of aliphatic carboxylic acids is 1. The van der Waals surface area contributed by atoms with Crippen LogP contribution in [0.3, 0.4) is 0 Å². The van der Waals surface area contributed by atoms with E-state index in [1.54, 1.807) is 12.1 Å². The monoisotopic (exact) mass is 443 g/mol. The first-order chi connectivity index (χ1) is 14.1. The van der Waals surface area contributed by atoms with Crippen molar-refractivity contribution in [2.75, 3.05) is 13.2 Å². The first kappa shape index (κ1) is 22.1. The average molecular weight is 443 g/mol. The Morgan fingerprint density at radius 3 is 2.50 bits per heavy atom. The third-order valence-corrected chi connectivity index (χ3v) is 6.39. The Labute approximate surface area is 171 Å². The number of carboxylic acid groups (broad SMARTS) is 1. The standard InChI is InChI=1S/C20H20F3NO5S/c21-20(22,23)14-7-9-15(10-8-14)30(27,28)24-11-13-3-1-5-17-16(13)4-2-6-18(17)29-12-19(25)26/h2,4,6-10,13,24H,1,3,5,11-12H2,(H,25,26). The number of nitrogens with one attached hydrogen (secondary N) is 1. The highest BCUT2D eigenvalue weighted by Crippen LogP contribution is 2.36. The molecule has 3 rings (SSSR count). The molecule has 6 nitrogen and oxygen atoms in total. The Morgan fingerprint density at radius 2 is 1.87 bits per heavy atom. The number of hydrogen-bond acceptors (Lipinski definition) is 4. The van der Waals surface area contributed by atoms with Crippen molar-refractivity contribution in [3.8, 4) is 5.75 Å². The van der Waals surface area contributed by atoms with Crippen molar-refractivity contribution in [3.05, 3.63) is 59.2 Å². The third-order valence-electron chi connectivity index (χ3n) is 4.95. The van der Waals surface area contributed by atoms with E-state index in [0.717, 1.165) is 41.8 Å². The lowest BCUT2D eigenvalue weighted by Crippen LogP contribution is -2.30. The molecule has 2 aromatic rings. The van der Waals surface area contributed by atoms with Crippen molar-refractivity contribution < 1.29 is 36.2 Å². The van der Waals surface area contributed by atoms with Crippen LogP contribution in [0, 0.1) is 0 Å². The van der Waals surface area contributed by atoms with E-state index in [9.17, 15) is 26.4 Å². The normalized spacial score (nSPS) is 16.7. The Kier molecular flexibility index (Phi) is 6.37. The Morgan fingerprint density at radius 1 is 1.17 bits per heavy atom. The largest absolute Gasteiger partial charge is 0.482 e. The van der Waals surface area contributed by atoms with Crippen molar-refractivity contribution in [3.63, 3.8) is 0 Å². The van der Waals surface area contributed by atoms with E-state index in [0.29, 0.717) is 18.6 Å². The quantitative estimate of drug-likeness (QED) is 0.683. The fraction of sp³-hybridized carbons (Fsp3) is 0.350. The summed E-state index contributed by atoms with van der Waals surface area (Å²) in [5, 5.41) is 8.81. The summed E-state index contributed by atoms with van der Waals surface area (Å²) in [6, 6.07) is 8.57. The summed E-state index contributed by atoms with van der Waals surface area (Å²) in [5.74, 6) is -0.791. The molecule has 0 heterocycles. The lowest BCUT2D eigenvalue weighted by Gasteiger charge is -2.27. The van der Waals surface area contributed by atoms with Crippen LogP contribution in [0.2, 0.25) is 0 Å². The molecule has 0 amide bonds. The molecular weight excluding hydrogens is 423 g/mol. The van der Waals surface area contributed by atoms with Gasteiger partial charge in [0.15, 0.2) is 6.61 Å². The molecule has 30 heavy (non-hydrogen) atoms. The smallest absolute Gasteiger partial charge is 0.416 e. The number of alkyl halides is 3. The molecule has 0 fully saturated rings. The van der Waals surface area contributed by atoms with Gasteiger partial charge in [-0.1, -0.05) is 12.1 Å². The van der Waals surface area contributed by atoms with Crippen LogP contribution in [-0.2, 0) is 27.4 Å². The summed E-state index contributed by atoms with van der Waals surface area (Å²) in [5.41, 5.74) is 0.805. The van der Waals surface area contributed by atoms with Crippen LogP contribution in [0.25, 0.3) is 0 Å². The van der Waals surface area contributed by atoms with Gasteiger partial charge in [-0.2, -0.15) is 13.2 Å². The number of carboxylic acids is 1. The molecule has 1 atom stereocenters. The van der Waals surface area contributed by atoms with Gasteiger partial charge in [0.25, 0.3) is 0 Å². The van der Waals surface area contributed by atoms with E-state index in [1.165, 1.54) is 0 Å². The second kappa shape index (κ2) is 8.65. The fourth-order valence-electron chi connectivity index (χ4n) is 3.52. The number of sulfonamides is 1. The number of rotatable bonds is 7. The molecule has 2 aromatic carbocycles. The molecule has 1 aliphatic rings. The maximum absolute atomic E-state index is 12.7. The minimum absolute atomic E-state index is 0.0682. The molecule has 0 saturated carbocycles. The van der Waals surface area contributed by atoms with Gasteiger partial charge in [0.1, 0.15) is 5.75 Å². The van der Waals surface area contributed by atoms with Gasteiger partial charge in [0, 0.05) is 6.54 Å². The molecule has 0 aromatic heterocycles. The highest BCUT2D eigenvalue weighted by atomic mass is 32.2. The summed E-state index contributed by atoms with van der Waals surface area (Å²) < 4.78 is 70.8. The first-order valence-corrected chi connectivity index (χ1v) is 10.7. The van der Waals surface area contributed by atoms with Crippen molar-refractivity contribution in [2.45, 2.75) is 36.3 Å². The van der Waals surface area contributed by atoms with Crippen molar-refractivity contribution in [1.82, 2.24) is 4.72 Å². The first-order valence-electron chi connectivity index (χ1n) is 9.21. The lowest BCUT2D eigenvalue weighted by molar-refractivity contribution is -0.139. The zero-order valence-electron chi connectivity index (χ0n) is 15.8. The SMILES string of the molecule is O=C(O)COc1cccc2c1CCCC2CNS(=O)(=O)c1ccc(C(F)(F)F)cc1. The number of halogens is 3. The fourth-order valence-corrected chi connectivity index (χ4v) is 4.60. The van der Waals surface area contributed by atoms with Crippen molar-refractivity contribution >= 4 is 16.0 Å². The summed E-state index contributed by atoms with van der Waals surface area (Å²) in [6.45, 7) is -0.402. The number of benzene rings is 2. The molecule has 162 valence electrons. The topological polar surface area (TPSA) is 92.7 Å². The maximum Gasteiger partial charge on any atom is 0.416 e. The highest BCUT2D eigenvalue weighted by Gasteiger charge is 2.31. The minimum Gasteiger partial charge on any atom is -0.482 e.